The smallest absolute Gasteiger partial charge is 0.341 e. The Kier molecular flexibility index (Phi) is 7.15. The van der Waals surface area contributed by atoms with Crippen LogP contribution in [0.1, 0.15) is 11.1 Å². The van der Waals surface area contributed by atoms with E-state index in [-0.39, 0.29) is 28.6 Å². The van der Waals surface area contributed by atoms with Crippen molar-refractivity contribution >= 4 is 56.6 Å². The highest BCUT2D eigenvalue weighted by Gasteiger charge is 2.35. The lowest BCUT2D eigenvalue weighted by atomic mass is 10.1. The highest BCUT2D eigenvalue weighted by Crippen LogP contribution is 2.39. The molecule has 1 fully saturated rings. The van der Waals surface area contributed by atoms with Gasteiger partial charge in [0.15, 0.2) is 18.1 Å². The van der Waals surface area contributed by atoms with Crippen molar-refractivity contribution in [1.82, 2.24) is 4.90 Å². The van der Waals surface area contributed by atoms with Crippen molar-refractivity contribution in [2.24, 2.45) is 0 Å². The van der Waals surface area contributed by atoms with Gasteiger partial charge in [-0.25, -0.2) is 4.79 Å². The third kappa shape index (κ3) is 5.26. The number of imide groups is 1. The van der Waals surface area contributed by atoms with Gasteiger partial charge in [0.1, 0.15) is 0 Å². The number of hydrogen-bond acceptors (Lipinski definition) is 8. The first-order chi connectivity index (χ1) is 15.2. The van der Waals surface area contributed by atoms with E-state index in [2.05, 4.69) is 15.9 Å². The molecular weight excluding hydrogens is 508 g/mol. The van der Waals surface area contributed by atoms with Gasteiger partial charge in [-0.2, -0.15) is 0 Å². The SMILES string of the molecule is COc1cc(/C=C2\SC(=O)N(Cc3ccc([N+](=O)[O-])cc3)C2=O)cc(Br)c1OCC(=O)O. The molecule has 1 N–H and O–H groups in total. The third-order valence-corrected chi connectivity index (χ3v) is 5.75. The van der Waals surface area contributed by atoms with Crippen LogP contribution in [0.15, 0.2) is 45.8 Å². The van der Waals surface area contributed by atoms with Gasteiger partial charge in [-0.05, 0) is 57.0 Å². The second kappa shape index (κ2) is 9.83. The molecule has 0 aliphatic carbocycles. The van der Waals surface area contributed by atoms with Crippen LogP contribution < -0.4 is 9.47 Å². The van der Waals surface area contributed by atoms with Crippen LogP contribution in [-0.2, 0) is 16.1 Å². The monoisotopic (exact) mass is 522 g/mol. The Morgan fingerprint density at radius 3 is 2.56 bits per heavy atom. The Labute approximate surface area is 194 Å². The number of carboxylic acids is 1. The van der Waals surface area contributed by atoms with Crippen molar-refractivity contribution in [3.63, 3.8) is 0 Å². The number of halogens is 1. The van der Waals surface area contributed by atoms with E-state index >= 15 is 0 Å². The van der Waals surface area contributed by atoms with E-state index in [4.69, 9.17) is 14.6 Å². The Morgan fingerprint density at radius 1 is 1.28 bits per heavy atom. The summed E-state index contributed by atoms with van der Waals surface area (Å²) in [6.45, 7) is -0.579. The number of rotatable bonds is 8. The lowest BCUT2D eigenvalue weighted by molar-refractivity contribution is -0.384. The van der Waals surface area contributed by atoms with Crippen LogP contribution in [0, 0.1) is 10.1 Å². The summed E-state index contributed by atoms with van der Waals surface area (Å²) in [4.78, 5) is 47.4. The molecule has 0 radical (unpaired) electrons. The Hall–Kier alpha value is -3.38. The minimum absolute atomic E-state index is 0.0189. The maximum atomic E-state index is 12.8. The number of thioether (sulfide) groups is 1. The molecule has 2 aromatic carbocycles. The molecule has 166 valence electrons. The Bertz CT molecular complexity index is 1130. The van der Waals surface area contributed by atoms with Crippen molar-refractivity contribution in [3.8, 4) is 11.5 Å². The fraction of sp³-hybridized carbons (Fsp3) is 0.150. The lowest BCUT2D eigenvalue weighted by Crippen LogP contribution is -2.27. The number of carboxylic acid groups (broad SMARTS) is 1. The molecule has 1 aliphatic heterocycles. The topological polar surface area (TPSA) is 136 Å². The first kappa shape index (κ1) is 23.3. The van der Waals surface area contributed by atoms with Gasteiger partial charge in [-0.1, -0.05) is 12.1 Å². The molecule has 3 rings (SSSR count). The predicted molar refractivity (Wildman–Crippen MR) is 118 cm³/mol. The molecule has 0 spiro atoms. The minimum Gasteiger partial charge on any atom is -0.493 e. The number of non-ortho nitro benzene ring substituents is 1. The van der Waals surface area contributed by atoms with Gasteiger partial charge in [-0.3, -0.25) is 24.6 Å². The maximum Gasteiger partial charge on any atom is 0.341 e. The molecule has 1 heterocycles. The van der Waals surface area contributed by atoms with E-state index in [0.717, 1.165) is 16.7 Å². The van der Waals surface area contributed by atoms with Crippen molar-refractivity contribution in [2.45, 2.75) is 6.54 Å². The number of benzene rings is 2. The van der Waals surface area contributed by atoms with Crippen molar-refractivity contribution in [3.05, 3.63) is 67.0 Å². The van der Waals surface area contributed by atoms with E-state index in [0.29, 0.717) is 15.6 Å². The van der Waals surface area contributed by atoms with Crippen LogP contribution in [0.5, 0.6) is 11.5 Å². The van der Waals surface area contributed by atoms with E-state index in [1.165, 1.54) is 37.5 Å². The fourth-order valence-electron chi connectivity index (χ4n) is 2.79. The maximum absolute atomic E-state index is 12.8. The van der Waals surface area contributed by atoms with Crippen LogP contribution in [0.2, 0.25) is 0 Å². The molecular formula is C20H15BrN2O8S. The van der Waals surface area contributed by atoms with Gasteiger partial charge in [0.25, 0.3) is 16.8 Å². The molecule has 0 aromatic heterocycles. The second-order valence-electron chi connectivity index (χ2n) is 6.41. The van der Waals surface area contributed by atoms with E-state index < -0.39 is 28.6 Å². The number of nitro benzene ring substituents is 1. The van der Waals surface area contributed by atoms with Crippen molar-refractivity contribution in [2.75, 3.05) is 13.7 Å². The van der Waals surface area contributed by atoms with Crippen LogP contribution in [0.25, 0.3) is 6.08 Å². The number of hydrogen-bond donors (Lipinski definition) is 1. The molecule has 2 aromatic rings. The number of nitrogens with zero attached hydrogens (tertiary/aromatic N) is 2. The largest absolute Gasteiger partial charge is 0.493 e. The molecule has 0 atom stereocenters. The summed E-state index contributed by atoms with van der Waals surface area (Å²) >= 11 is 4.06. The van der Waals surface area contributed by atoms with Crippen LogP contribution >= 0.6 is 27.7 Å². The standard InChI is InChI=1S/C20H15BrN2O8S/c1-30-15-7-12(6-14(21)18(15)31-10-17(24)25)8-16-19(26)22(20(27)32-16)9-11-2-4-13(5-3-11)23(28)29/h2-8H,9-10H2,1H3,(H,24,25)/b16-8-. The zero-order chi connectivity index (χ0) is 23.4. The van der Waals surface area contributed by atoms with Gasteiger partial charge >= 0.3 is 5.97 Å². The quantitative estimate of drug-likeness (QED) is 0.309. The highest BCUT2D eigenvalue weighted by atomic mass is 79.9. The molecule has 1 saturated heterocycles. The van der Waals surface area contributed by atoms with Gasteiger partial charge < -0.3 is 14.6 Å². The molecule has 12 heteroatoms. The van der Waals surface area contributed by atoms with Gasteiger partial charge in [0, 0.05) is 12.1 Å². The van der Waals surface area contributed by atoms with Crippen molar-refractivity contribution in [1.29, 1.82) is 0 Å². The van der Waals surface area contributed by atoms with Gasteiger partial charge in [0.2, 0.25) is 0 Å². The number of carbonyl (C=O) groups is 3. The third-order valence-electron chi connectivity index (χ3n) is 4.25. The second-order valence-corrected chi connectivity index (χ2v) is 8.26. The normalized spacial score (nSPS) is 14.7. The summed E-state index contributed by atoms with van der Waals surface area (Å²) in [6, 6.07) is 8.74. The zero-order valence-corrected chi connectivity index (χ0v) is 18.8. The van der Waals surface area contributed by atoms with Gasteiger partial charge in [0.05, 0.1) is 28.0 Å². The average Bonchev–Trinajstić information content (AvgIpc) is 3.00. The Balaban J connectivity index is 1.81. The first-order valence-corrected chi connectivity index (χ1v) is 10.5. The van der Waals surface area contributed by atoms with Crippen LogP contribution in [0.4, 0.5) is 10.5 Å². The zero-order valence-electron chi connectivity index (χ0n) is 16.4. The van der Waals surface area contributed by atoms with E-state index in [9.17, 15) is 24.5 Å². The highest BCUT2D eigenvalue weighted by molar-refractivity contribution is 9.10. The van der Waals surface area contributed by atoms with Crippen LogP contribution in [0.3, 0.4) is 0 Å². The molecule has 32 heavy (non-hydrogen) atoms. The summed E-state index contributed by atoms with van der Waals surface area (Å²) in [5.74, 6) is -1.21. The molecule has 0 saturated carbocycles. The Morgan fingerprint density at radius 2 is 1.97 bits per heavy atom. The summed E-state index contributed by atoms with van der Waals surface area (Å²) in [6.07, 6.45) is 1.51. The fourth-order valence-corrected chi connectivity index (χ4v) is 4.20. The average molecular weight is 523 g/mol. The van der Waals surface area contributed by atoms with Crippen molar-refractivity contribution < 1.29 is 33.9 Å². The van der Waals surface area contributed by atoms with Crippen LogP contribution in [-0.4, -0.2) is 45.8 Å². The number of ether oxygens (including phenoxy) is 2. The number of methoxy groups -OCH3 is 1. The van der Waals surface area contributed by atoms with Gasteiger partial charge in [-0.15, -0.1) is 0 Å². The summed E-state index contributed by atoms with van der Waals surface area (Å²) in [7, 11) is 1.39. The molecule has 1 aliphatic rings. The van der Waals surface area contributed by atoms with E-state index in [1.807, 2.05) is 0 Å². The molecule has 0 bridgehead atoms. The number of amides is 2. The molecule has 10 nitrogen and oxygen atoms in total. The minimum atomic E-state index is -1.15. The number of nitro groups is 1. The number of carbonyl (C=O) groups excluding carboxylic acids is 2. The number of aliphatic carboxylic acids is 1. The predicted octanol–water partition coefficient (Wildman–Crippen LogP) is 4.07. The first-order valence-electron chi connectivity index (χ1n) is 8.90. The molecule has 0 unspecified atom stereocenters. The molecule has 2 amide bonds. The van der Waals surface area contributed by atoms with E-state index in [1.54, 1.807) is 12.1 Å². The summed E-state index contributed by atoms with van der Waals surface area (Å²) in [5, 5.41) is 19.1. The lowest BCUT2D eigenvalue weighted by Gasteiger charge is -2.13. The summed E-state index contributed by atoms with van der Waals surface area (Å²) < 4.78 is 10.9. The summed E-state index contributed by atoms with van der Waals surface area (Å²) in [5.41, 5.74) is 1.01.